The molecule has 3 heterocycles. The number of carbonyl (C=O) groups is 3. The number of ether oxygens (including phenoxy) is 2. The average molecular weight is 634 g/mol. The van der Waals surface area contributed by atoms with Gasteiger partial charge < -0.3 is 24.2 Å². The number of halogens is 6. The van der Waals surface area contributed by atoms with Crippen molar-refractivity contribution in [2.45, 2.75) is 84.4 Å². The second kappa shape index (κ2) is 11.8. The standard InChI is InChI=1S/C28H33F6N5O5/c1-16-12-37(25(42)44-26(3,4)5)13-17(2)39(16)23(40)22-11-21-14-36(6-7-38(21)35-22)24(41)43-15-18-8-19(27(29,30)31)10-20(9-18)28(32,33)34/h8-11,16-17H,6-7,12-15H2,1-5H3. The fourth-order valence-corrected chi connectivity index (χ4v) is 5.20. The first-order valence-corrected chi connectivity index (χ1v) is 13.8. The fourth-order valence-electron chi connectivity index (χ4n) is 5.20. The molecule has 0 spiro atoms. The van der Waals surface area contributed by atoms with Crippen LogP contribution in [0.5, 0.6) is 0 Å². The van der Waals surface area contributed by atoms with Crippen molar-refractivity contribution in [3.63, 3.8) is 0 Å². The summed E-state index contributed by atoms with van der Waals surface area (Å²) in [5.41, 5.74) is -3.53. The van der Waals surface area contributed by atoms with Crippen molar-refractivity contribution >= 4 is 18.1 Å². The highest BCUT2D eigenvalue weighted by Crippen LogP contribution is 2.36. The number of benzene rings is 1. The molecule has 242 valence electrons. The zero-order chi connectivity index (χ0) is 32.8. The van der Waals surface area contributed by atoms with E-state index >= 15 is 0 Å². The molecular formula is C28H33F6N5O5. The van der Waals surface area contributed by atoms with E-state index in [-0.39, 0.29) is 62.5 Å². The number of hydrogen-bond acceptors (Lipinski definition) is 6. The Hall–Kier alpha value is -3.98. The summed E-state index contributed by atoms with van der Waals surface area (Å²) in [5, 5.41) is 4.38. The van der Waals surface area contributed by atoms with Crippen molar-refractivity contribution in [3.8, 4) is 0 Å². The highest BCUT2D eigenvalue weighted by atomic mass is 19.4. The van der Waals surface area contributed by atoms with E-state index < -0.39 is 53.4 Å². The van der Waals surface area contributed by atoms with Gasteiger partial charge in [-0.3, -0.25) is 9.48 Å². The Morgan fingerprint density at radius 3 is 1.93 bits per heavy atom. The van der Waals surface area contributed by atoms with E-state index in [0.717, 1.165) is 0 Å². The number of piperazine rings is 1. The lowest BCUT2D eigenvalue weighted by atomic mass is 10.1. The molecule has 4 rings (SSSR count). The zero-order valence-corrected chi connectivity index (χ0v) is 24.8. The molecule has 1 saturated heterocycles. The maximum absolute atomic E-state index is 13.5. The van der Waals surface area contributed by atoms with Crippen molar-refractivity contribution in [1.29, 1.82) is 0 Å². The second-order valence-corrected chi connectivity index (χ2v) is 11.9. The van der Waals surface area contributed by atoms with Crippen LogP contribution < -0.4 is 0 Å². The monoisotopic (exact) mass is 633 g/mol. The molecule has 0 aliphatic carbocycles. The van der Waals surface area contributed by atoms with E-state index in [4.69, 9.17) is 9.47 Å². The third-order valence-electron chi connectivity index (χ3n) is 7.09. The normalized spacial score (nSPS) is 19.5. The van der Waals surface area contributed by atoms with Crippen LogP contribution in [0.15, 0.2) is 24.3 Å². The van der Waals surface area contributed by atoms with Gasteiger partial charge in [0.05, 0.1) is 29.9 Å². The average Bonchev–Trinajstić information content (AvgIpc) is 3.32. The molecule has 16 heteroatoms. The lowest BCUT2D eigenvalue weighted by Crippen LogP contribution is -2.60. The number of alkyl halides is 6. The predicted octanol–water partition coefficient (Wildman–Crippen LogP) is 5.54. The molecule has 3 amide bonds. The molecule has 2 unspecified atom stereocenters. The van der Waals surface area contributed by atoms with Gasteiger partial charge in [-0.05, 0) is 64.4 Å². The summed E-state index contributed by atoms with van der Waals surface area (Å²) in [6.45, 7) is 8.83. The molecule has 10 nitrogen and oxygen atoms in total. The van der Waals surface area contributed by atoms with Crippen LogP contribution in [0.1, 0.15) is 67.5 Å². The summed E-state index contributed by atoms with van der Waals surface area (Å²) in [5.74, 6) is -0.366. The van der Waals surface area contributed by atoms with Crippen LogP contribution in [0.4, 0.5) is 35.9 Å². The van der Waals surface area contributed by atoms with Crippen molar-refractivity contribution in [3.05, 3.63) is 52.3 Å². The number of carbonyl (C=O) groups excluding carboxylic acids is 3. The SMILES string of the molecule is CC1CN(C(=O)OC(C)(C)C)CC(C)N1C(=O)c1cc2n(n1)CCN(C(=O)OCc1cc(C(F)(F)F)cc(C(F)(F)F)c1)C2. The van der Waals surface area contributed by atoms with Gasteiger partial charge in [0, 0.05) is 31.7 Å². The molecule has 0 radical (unpaired) electrons. The van der Waals surface area contributed by atoms with E-state index in [9.17, 15) is 40.7 Å². The second-order valence-electron chi connectivity index (χ2n) is 11.9. The quantitative estimate of drug-likeness (QED) is 0.412. The van der Waals surface area contributed by atoms with Crippen molar-refractivity contribution in [2.75, 3.05) is 19.6 Å². The van der Waals surface area contributed by atoms with Gasteiger partial charge in [0.25, 0.3) is 5.91 Å². The first-order valence-electron chi connectivity index (χ1n) is 13.8. The molecule has 2 atom stereocenters. The number of hydrogen-bond donors (Lipinski definition) is 0. The molecule has 0 N–H and O–H groups in total. The van der Waals surface area contributed by atoms with Gasteiger partial charge in [-0.1, -0.05) is 0 Å². The molecule has 44 heavy (non-hydrogen) atoms. The summed E-state index contributed by atoms with van der Waals surface area (Å²) in [6, 6.07) is 1.82. The summed E-state index contributed by atoms with van der Waals surface area (Å²) in [6.07, 6.45) is -11.5. The highest BCUT2D eigenvalue weighted by Gasteiger charge is 2.39. The van der Waals surface area contributed by atoms with E-state index in [1.165, 1.54) is 11.0 Å². The largest absolute Gasteiger partial charge is 0.445 e. The Balaban J connectivity index is 1.40. The van der Waals surface area contributed by atoms with Gasteiger partial charge in [-0.2, -0.15) is 31.4 Å². The topological polar surface area (TPSA) is 97.2 Å². The van der Waals surface area contributed by atoms with Gasteiger partial charge in [0.2, 0.25) is 0 Å². The number of amides is 3. The number of rotatable bonds is 3. The Bertz CT molecular complexity index is 1370. The predicted molar refractivity (Wildman–Crippen MR) is 142 cm³/mol. The third kappa shape index (κ3) is 7.56. The fraction of sp³-hybridized carbons (Fsp3) is 0.571. The molecule has 1 aromatic carbocycles. The number of nitrogens with zero attached hydrogens (tertiary/aromatic N) is 5. The smallest absolute Gasteiger partial charge is 0.416 e. The van der Waals surface area contributed by atoms with Gasteiger partial charge in [-0.25, -0.2) is 9.59 Å². The Morgan fingerprint density at radius 1 is 0.841 bits per heavy atom. The highest BCUT2D eigenvalue weighted by molar-refractivity contribution is 5.93. The first-order chi connectivity index (χ1) is 20.2. The lowest BCUT2D eigenvalue weighted by Gasteiger charge is -2.44. The number of aromatic nitrogens is 2. The van der Waals surface area contributed by atoms with Gasteiger partial charge >= 0.3 is 24.5 Å². The molecule has 2 aromatic rings. The third-order valence-corrected chi connectivity index (χ3v) is 7.09. The summed E-state index contributed by atoms with van der Waals surface area (Å²) in [7, 11) is 0. The number of fused-ring (bicyclic) bond motifs is 1. The van der Waals surface area contributed by atoms with Gasteiger partial charge in [-0.15, -0.1) is 0 Å². The first kappa shape index (κ1) is 32.9. The maximum Gasteiger partial charge on any atom is 0.416 e. The molecule has 1 aromatic heterocycles. The molecule has 2 aliphatic heterocycles. The van der Waals surface area contributed by atoms with Crippen molar-refractivity contribution in [2.24, 2.45) is 0 Å². The van der Waals surface area contributed by atoms with E-state index in [1.807, 2.05) is 0 Å². The van der Waals surface area contributed by atoms with Crippen LogP contribution >= 0.6 is 0 Å². The molecule has 2 aliphatic rings. The van der Waals surface area contributed by atoms with Gasteiger partial charge in [0.15, 0.2) is 5.69 Å². The van der Waals surface area contributed by atoms with Gasteiger partial charge in [0.1, 0.15) is 12.2 Å². The molecule has 0 bridgehead atoms. The summed E-state index contributed by atoms with van der Waals surface area (Å²) < 4.78 is 91.0. The van der Waals surface area contributed by atoms with Crippen LogP contribution in [-0.2, 0) is 41.5 Å². The van der Waals surface area contributed by atoms with Crippen molar-refractivity contribution < 1.29 is 50.2 Å². The molecule has 1 fully saturated rings. The van der Waals surface area contributed by atoms with E-state index in [0.29, 0.717) is 17.8 Å². The summed E-state index contributed by atoms with van der Waals surface area (Å²) in [4.78, 5) is 43.1. The van der Waals surface area contributed by atoms with Crippen molar-refractivity contribution in [1.82, 2.24) is 24.5 Å². The molecule has 0 saturated carbocycles. The Labute approximate surface area is 249 Å². The minimum atomic E-state index is -5.03. The Morgan fingerprint density at radius 2 is 1.41 bits per heavy atom. The minimum Gasteiger partial charge on any atom is -0.445 e. The van der Waals surface area contributed by atoms with E-state index in [2.05, 4.69) is 5.10 Å². The van der Waals surface area contributed by atoms with Crippen LogP contribution in [0, 0.1) is 0 Å². The van der Waals surface area contributed by atoms with E-state index in [1.54, 1.807) is 49.1 Å². The van der Waals surface area contributed by atoms with Crippen LogP contribution in [0.25, 0.3) is 0 Å². The Kier molecular flexibility index (Phi) is 8.86. The lowest BCUT2D eigenvalue weighted by molar-refractivity contribution is -0.143. The van der Waals surface area contributed by atoms with Crippen LogP contribution in [0.2, 0.25) is 0 Å². The minimum absolute atomic E-state index is 0.00158. The maximum atomic E-state index is 13.5. The summed E-state index contributed by atoms with van der Waals surface area (Å²) >= 11 is 0. The van der Waals surface area contributed by atoms with Crippen LogP contribution in [-0.4, -0.2) is 79.9 Å². The zero-order valence-electron chi connectivity index (χ0n) is 24.8. The van der Waals surface area contributed by atoms with Crippen LogP contribution in [0.3, 0.4) is 0 Å². The molecular weight excluding hydrogens is 600 g/mol.